The number of hydrogen-bond acceptors (Lipinski definition) is 5. The zero-order valence-corrected chi connectivity index (χ0v) is 12.4. The van der Waals surface area contributed by atoms with Crippen LogP contribution >= 0.6 is 11.6 Å². The van der Waals surface area contributed by atoms with Crippen molar-refractivity contribution in [1.82, 2.24) is 9.71 Å². The number of sulfonamides is 1. The minimum atomic E-state index is -4.09. The van der Waals surface area contributed by atoms with Crippen LogP contribution in [0.3, 0.4) is 0 Å². The fraction of sp³-hybridized carbons (Fsp3) is 0.455. The predicted octanol–water partition coefficient (Wildman–Crippen LogP) is 1.24. The molecular weight excluding hydrogens is 306 g/mol. The first-order chi connectivity index (χ1) is 9.27. The zero-order valence-electron chi connectivity index (χ0n) is 10.8. The van der Waals surface area contributed by atoms with Crippen LogP contribution in [0.15, 0.2) is 17.2 Å². The summed E-state index contributed by atoms with van der Waals surface area (Å²) in [5.41, 5.74) is 5.49. The van der Waals surface area contributed by atoms with E-state index in [-0.39, 0.29) is 22.2 Å². The number of carbonyl (C=O) groups is 1. The number of hydrogen-bond donors (Lipinski definition) is 3. The van der Waals surface area contributed by atoms with Gasteiger partial charge < -0.3 is 10.8 Å². The Bertz CT molecular complexity index is 591. The van der Waals surface area contributed by atoms with Crippen molar-refractivity contribution in [3.05, 3.63) is 17.3 Å². The number of halogens is 1. The van der Waals surface area contributed by atoms with Crippen LogP contribution in [0.4, 0.5) is 5.82 Å². The summed E-state index contributed by atoms with van der Waals surface area (Å²) in [5, 5.41) is 9.13. The summed E-state index contributed by atoms with van der Waals surface area (Å²) < 4.78 is 26.4. The van der Waals surface area contributed by atoms with E-state index in [2.05, 4.69) is 9.71 Å². The van der Waals surface area contributed by atoms with Gasteiger partial charge in [-0.2, -0.15) is 4.72 Å². The first kappa shape index (κ1) is 16.7. The van der Waals surface area contributed by atoms with E-state index in [0.717, 1.165) is 12.5 Å². The topological polar surface area (TPSA) is 122 Å². The molecule has 4 N–H and O–H groups in total. The van der Waals surface area contributed by atoms with Crippen molar-refractivity contribution in [3.8, 4) is 0 Å². The van der Waals surface area contributed by atoms with Crippen molar-refractivity contribution < 1.29 is 18.3 Å². The van der Waals surface area contributed by atoms with Crippen molar-refractivity contribution in [2.24, 2.45) is 0 Å². The number of nitrogens with two attached hydrogens (primary N) is 1. The second-order valence-electron chi connectivity index (χ2n) is 4.19. The van der Waals surface area contributed by atoms with E-state index >= 15 is 0 Å². The molecule has 0 aliphatic heterocycles. The monoisotopic (exact) mass is 321 g/mol. The molecule has 7 nitrogen and oxygen atoms in total. The van der Waals surface area contributed by atoms with E-state index < -0.39 is 22.0 Å². The molecule has 0 saturated heterocycles. The van der Waals surface area contributed by atoms with Gasteiger partial charge >= 0.3 is 5.97 Å². The average molecular weight is 322 g/mol. The number of carboxylic acid groups (broad SMARTS) is 1. The summed E-state index contributed by atoms with van der Waals surface area (Å²) in [6.45, 7) is 1.88. The van der Waals surface area contributed by atoms with Crippen LogP contribution in [0.5, 0.6) is 0 Å². The van der Waals surface area contributed by atoms with Gasteiger partial charge in [0.15, 0.2) is 0 Å². The third-order valence-corrected chi connectivity index (χ3v) is 4.29. The highest BCUT2D eigenvalue weighted by Gasteiger charge is 2.27. The Balaban J connectivity index is 3.03. The first-order valence-corrected chi connectivity index (χ1v) is 7.80. The molecule has 1 aromatic heterocycles. The molecule has 1 unspecified atom stereocenters. The average Bonchev–Trinajstić information content (AvgIpc) is 2.36. The van der Waals surface area contributed by atoms with Crippen molar-refractivity contribution in [1.29, 1.82) is 0 Å². The van der Waals surface area contributed by atoms with Crippen LogP contribution in [-0.2, 0) is 14.8 Å². The number of nitrogens with one attached hydrogen (secondary N) is 1. The smallest absolute Gasteiger partial charge is 0.321 e. The van der Waals surface area contributed by atoms with Crippen molar-refractivity contribution in [2.45, 2.75) is 37.1 Å². The van der Waals surface area contributed by atoms with Crippen LogP contribution in [0.2, 0.25) is 5.02 Å². The largest absolute Gasteiger partial charge is 0.480 e. The number of aliphatic carboxylic acids is 1. The molecule has 1 rings (SSSR count). The molecule has 0 saturated carbocycles. The molecule has 0 aliphatic rings. The highest BCUT2D eigenvalue weighted by Crippen LogP contribution is 2.20. The zero-order chi connectivity index (χ0) is 15.3. The number of anilines is 1. The maximum Gasteiger partial charge on any atom is 0.321 e. The van der Waals surface area contributed by atoms with Crippen LogP contribution in [0.25, 0.3) is 0 Å². The number of nitrogens with zero attached hydrogens (tertiary/aromatic N) is 1. The number of pyridine rings is 1. The number of nitrogen functional groups attached to an aromatic ring is 1. The number of rotatable bonds is 7. The number of carboxylic acids is 1. The second kappa shape index (κ2) is 6.87. The van der Waals surface area contributed by atoms with E-state index in [1.165, 1.54) is 6.20 Å². The predicted molar refractivity (Wildman–Crippen MR) is 74.9 cm³/mol. The molecule has 20 heavy (non-hydrogen) atoms. The van der Waals surface area contributed by atoms with Crippen LogP contribution in [0.1, 0.15) is 26.2 Å². The second-order valence-corrected chi connectivity index (χ2v) is 6.31. The standard InChI is InChI=1S/C11H16ClN3O4S/c1-2-3-4-8(11(16)17)15-20(18,19)9-5-7(12)6-14-10(9)13/h5-6,8,15H,2-4H2,1H3,(H2,13,14)(H,16,17). The van der Waals surface area contributed by atoms with E-state index in [1.807, 2.05) is 6.92 Å². The van der Waals surface area contributed by atoms with E-state index in [4.69, 9.17) is 22.4 Å². The molecule has 0 spiro atoms. The van der Waals surface area contributed by atoms with Gasteiger partial charge in [-0.25, -0.2) is 13.4 Å². The van der Waals surface area contributed by atoms with Gasteiger partial charge in [0.2, 0.25) is 10.0 Å². The minimum absolute atomic E-state index is 0.0972. The Kier molecular flexibility index (Phi) is 5.73. The Hall–Kier alpha value is -1.38. The van der Waals surface area contributed by atoms with Crippen molar-refractivity contribution >= 4 is 33.4 Å². The lowest BCUT2D eigenvalue weighted by molar-refractivity contribution is -0.139. The van der Waals surface area contributed by atoms with Gasteiger partial charge in [0, 0.05) is 6.20 Å². The SMILES string of the molecule is CCCCC(NS(=O)(=O)c1cc(Cl)cnc1N)C(=O)O. The Morgan fingerprint density at radius 3 is 2.80 bits per heavy atom. The normalized spacial score (nSPS) is 13.1. The van der Waals surface area contributed by atoms with E-state index in [1.54, 1.807) is 0 Å². The minimum Gasteiger partial charge on any atom is -0.480 e. The highest BCUT2D eigenvalue weighted by molar-refractivity contribution is 7.89. The van der Waals surface area contributed by atoms with Gasteiger partial charge in [0.1, 0.15) is 16.8 Å². The maximum absolute atomic E-state index is 12.1. The Morgan fingerprint density at radius 1 is 1.60 bits per heavy atom. The molecule has 112 valence electrons. The van der Waals surface area contributed by atoms with Crippen molar-refractivity contribution in [3.63, 3.8) is 0 Å². The fourth-order valence-corrected chi connectivity index (χ4v) is 3.09. The lowest BCUT2D eigenvalue weighted by Crippen LogP contribution is -2.40. The summed E-state index contributed by atoms with van der Waals surface area (Å²) in [5.74, 6) is -1.47. The van der Waals surface area contributed by atoms with Gasteiger partial charge in [-0.05, 0) is 12.5 Å². The molecule has 0 aliphatic carbocycles. The molecule has 0 radical (unpaired) electrons. The van der Waals surface area contributed by atoms with Crippen LogP contribution < -0.4 is 10.5 Å². The van der Waals surface area contributed by atoms with E-state index in [0.29, 0.717) is 6.42 Å². The maximum atomic E-state index is 12.1. The van der Waals surface area contributed by atoms with Crippen molar-refractivity contribution in [2.75, 3.05) is 5.73 Å². The van der Waals surface area contributed by atoms with Gasteiger partial charge in [-0.15, -0.1) is 0 Å². The molecule has 0 amide bonds. The molecule has 0 bridgehead atoms. The summed E-state index contributed by atoms with van der Waals surface area (Å²) >= 11 is 5.68. The molecule has 1 heterocycles. The summed E-state index contributed by atoms with van der Waals surface area (Å²) in [7, 11) is -4.09. The van der Waals surface area contributed by atoms with Crippen LogP contribution in [0, 0.1) is 0 Å². The van der Waals surface area contributed by atoms with Crippen LogP contribution in [-0.4, -0.2) is 30.5 Å². The third-order valence-electron chi connectivity index (χ3n) is 2.58. The molecule has 0 fully saturated rings. The Morgan fingerprint density at radius 2 is 2.25 bits per heavy atom. The van der Waals surface area contributed by atoms with Gasteiger partial charge in [-0.3, -0.25) is 4.79 Å². The Labute approximate surface area is 122 Å². The molecule has 1 atom stereocenters. The fourth-order valence-electron chi connectivity index (χ4n) is 1.54. The molecule has 9 heteroatoms. The lowest BCUT2D eigenvalue weighted by Gasteiger charge is -2.15. The summed E-state index contributed by atoms with van der Waals surface area (Å²) in [6.07, 6.45) is 2.75. The first-order valence-electron chi connectivity index (χ1n) is 5.94. The molecular formula is C11H16ClN3O4S. The quantitative estimate of drug-likeness (QED) is 0.694. The van der Waals surface area contributed by atoms with Gasteiger partial charge in [0.05, 0.1) is 5.02 Å². The molecule has 0 aromatic carbocycles. The number of unbranched alkanes of at least 4 members (excludes halogenated alkanes) is 1. The highest BCUT2D eigenvalue weighted by atomic mass is 35.5. The molecule has 1 aromatic rings. The lowest BCUT2D eigenvalue weighted by atomic mass is 10.1. The van der Waals surface area contributed by atoms with E-state index in [9.17, 15) is 13.2 Å². The van der Waals surface area contributed by atoms with Gasteiger partial charge in [0.25, 0.3) is 0 Å². The van der Waals surface area contributed by atoms with Gasteiger partial charge in [-0.1, -0.05) is 31.4 Å². The third kappa shape index (κ3) is 4.32. The summed E-state index contributed by atoms with van der Waals surface area (Å²) in [4.78, 5) is 14.4. The summed E-state index contributed by atoms with van der Waals surface area (Å²) in [6, 6.07) is -0.0800. The number of aromatic nitrogens is 1.